The minimum atomic E-state index is -0.483. The summed E-state index contributed by atoms with van der Waals surface area (Å²) in [5.41, 5.74) is 1.93. The Morgan fingerprint density at radius 3 is 2.69 bits per heavy atom. The zero-order valence-electron chi connectivity index (χ0n) is 14.1. The first-order valence-corrected chi connectivity index (χ1v) is 9.39. The average Bonchev–Trinajstić information content (AvgIpc) is 3.23. The number of morpholine rings is 1. The summed E-state index contributed by atoms with van der Waals surface area (Å²) in [6.45, 7) is 1.34. The van der Waals surface area contributed by atoms with Crippen LogP contribution >= 0.6 is 11.3 Å². The van der Waals surface area contributed by atoms with Crippen LogP contribution in [0.15, 0.2) is 66.0 Å². The highest BCUT2D eigenvalue weighted by Crippen LogP contribution is 2.28. The maximum absolute atomic E-state index is 14.6. The van der Waals surface area contributed by atoms with Crippen molar-refractivity contribution < 1.29 is 13.9 Å². The fourth-order valence-electron chi connectivity index (χ4n) is 3.16. The molecule has 5 heteroatoms. The Labute approximate surface area is 155 Å². The van der Waals surface area contributed by atoms with Crippen LogP contribution in [0.3, 0.4) is 0 Å². The third-order valence-corrected chi connectivity index (χ3v) is 5.45. The van der Waals surface area contributed by atoms with Gasteiger partial charge in [-0.3, -0.25) is 4.79 Å². The van der Waals surface area contributed by atoms with E-state index in [1.807, 2.05) is 47.8 Å². The number of hydrogen-bond donors (Lipinski definition) is 0. The van der Waals surface area contributed by atoms with Crippen LogP contribution in [-0.4, -0.2) is 30.5 Å². The second-order valence-electron chi connectivity index (χ2n) is 6.19. The number of amides is 1. The molecule has 0 aliphatic carbocycles. The molecule has 4 rings (SSSR count). The minimum Gasteiger partial charge on any atom is -0.370 e. The lowest BCUT2D eigenvalue weighted by Crippen LogP contribution is -2.42. The molecule has 132 valence electrons. The Morgan fingerprint density at radius 2 is 1.96 bits per heavy atom. The highest BCUT2D eigenvalue weighted by atomic mass is 32.1. The quantitative estimate of drug-likeness (QED) is 0.667. The van der Waals surface area contributed by atoms with E-state index < -0.39 is 5.82 Å². The van der Waals surface area contributed by atoms with Gasteiger partial charge in [-0.15, -0.1) is 11.3 Å². The molecule has 1 aromatic heterocycles. The number of thiophene rings is 1. The lowest BCUT2D eigenvalue weighted by atomic mass is 10.1. The molecule has 2 aromatic carbocycles. The van der Waals surface area contributed by atoms with E-state index in [2.05, 4.69) is 0 Å². The van der Waals surface area contributed by atoms with Gasteiger partial charge < -0.3 is 9.64 Å². The van der Waals surface area contributed by atoms with E-state index in [4.69, 9.17) is 4.74 Å². The van der Waals surface area contributed by atoms with Crippen molar-refractivity contribution in [3.05, 3.63) is 83.0 Å². The third-order valence-electron chi connectivity index (χ3n) is 4.53. The van der Waals surface area contributed by atoms with Gasteiger partial charge in [0.25, 0.3) is 5.91 Å². The Bertz CT molecular complexity index is 896. The van der Waals surface area contributed by atoms with Crippen LogP contribution in [0, 0.1) is 5.82 Å². The number of rotatable bonds is 3. The van der Waals surface area contributed by atoms with Gasteiger partial charge >= 0.3 is 0 Å². The van der Waals surface area contributed by atoms with Gasteiger partial charge in [0.15, 0.2) is 0 Å². The zero-order valence-corrected chi connectivity index (χ0v) is 14.9. The van der Waals surface area contributed by atoms with Crippen molar-refractivity contribution in [3.8, 4) is 10.4 Å². The first-order chi connectivity index (χ1) is 12.7. The van der Waals surface area contributed by atoms with Crippen LogP contribution in [0.2, 0.25) is 0 Å². The van der Waals surface area contributed by atoms with Crippen molar-refractivity contribution in [2.45, 2.75) is 6.10 Å². The summed E-state index contributed by atoms with van der Waals surface area (Å²) in [5, 5.41) is 1.95. The van der Waals surface area contributed by atoms with Crippen LogP contribution in [-0.2, 0) is 4.74 Å². The molecule has 0 radical (unpaired) electrons. The molecule has 1 fully saturated rings. The first kappa shape index (κ1) is 16.9. The molecule has 26 heavy (non-hydrogen) atoms. The summed E-state index contributed by atoms with van der Waals surface area (Å²) in [6.07, 6.45) is -0.178. The zero-order chi connectivity index (χ0) is 17.9. The van der Waals surface area contributed by atoms with Crippen LogP contribution in [0.1, 0.15) is 22.0 Å². The van der Waals surface area contributed by atoms with Crippen molar-refractivity contribution >= 4 is 17.2 Å². The van der Waals surface area contributed by atoms with Crippen LogP contribution < -0.4 is 0 Å². The number of hydrogen-bond acceptors (Lipinski definition) is 3. The van der Waals surface area contributed by atoms with Crippen LogP contribution in [0.4, 0.5) is 4.39 Å². The van der Waals surface area contributed by atoms with E-state index >= 15 is 0 Å². The monoisotopic (exact) mass is 367 g/mol. The summed E-state index contributed by atoms with van der Waals surface area (Å²) < 4.78 is 20.4. The van der Waals surface area contributed by atoms with Crippen LogP contribution in [0.5, 0.6) is 0 Å². The highest BCUT2D eigenvalue weighted by molar-refractivity contribution is 7.13. The molecule has 1 saturated heterocycles. The van der Waals surface area contributed by atoms with Gasteiger partial charge in [0.1, 0.15) is 11.9 Å². The molecule has 3 aromatic rings. The number of halogens is 1. The molecule has 1 aliphatic heterocycles. The Hall–Kier alpha value is -2.50. The number of carbonyl (C=O) groups excluding carboxylic acids is 1. The Kier molecular flexibility index (Phi) is 4.82. The molecule has 0 spiro atoms. The molecule has 0 saturated carbocycles. The van der Waals surface area contributed by atoms with Gasteiger partial charge in [-0.05, 0) is 34.7 Å². The van der Waals surface area contributed by atoms with Gasteiger partial charge in [-0.25, -0.2) is 4.39 Å². The standard InChI is InChI=1S/C21H18FNO2S/c22-18-13-16(20-7-4-12-26-20)8-9-17(18)21(24)23-10-11-25-19(14-23)15-5-2-1-3-6-15/h1-9,12-13,19H,10-11,14H2/t19-/m0/s1. The van der Waals surface area contributed by atoms with E-state index in [9.17, 15) is 9.18 Å². The van der Waals surface area contributed by atoms with Gasteiger partial charge in [0.05, 0.1) is 18.7 Å². The van der Waals surface area contributed by atoms with Crippen molar-refractivity contribution in [2.75, 3.05) is 19.7 Å². The molecule has 1 atom stereocenters. The largest absolute Gasteiger partial charge is 0.370 e. The normalized spacial score (nSPS) is 17.3. The van der Waals surface area contributed by atoms with E-state index in [0.717, 1.165) is 16.0 Å². The fourth-order valence-corrected chi connectivity index (χ4v) is 3.88. The topological polar surface area (TPSA) is 29.5 Å². The lowest BCUT2D eigenvalue weighted by Gasteiger charge is -2.33. The highest BCUT2D eigenvalue weighted by Gasteiger charge is 2.27. The second-order valence-corrected chi connectivity index (χ2v) is 7.14. The first-order valence-electron chi connectivity index (χ1n) is 8.51. The van der Waals surface area contributed by atoms with Gasteiger partial charge in [-0.2, -0.15) is 0 Å². The summed E-state index contributed by atoms with van der Waals surface area (Å²) in [6, 6.07) is 18.5. The van der Waals surface area contributed by atoms with E-state index in [-0.39, 0.29) is 17.6 Å². The Balaban J connectivity index is 1.53. The molecular formula is C21H18FNO2S. The van der Waals surface area contributed by atoms with Gasteiger partial charge in [-0.1, -0.05) is 42.5 Å². The molecular weight excluding hydrogens is 349 g/mol. The Morgan fingerprint density at radius 1 is 1.12 bits per heavy atom. The van der Waals surface area contributed by atoms with E-state index in [1.165, 1.54) is 6.07 Å². The lowest BCUT2D eigenvalue weighted by molar-refractivity contribution is -0.0229. The second kappa shape index (κ2) is 7.40. The summed E-state index contributed by atoms with van der Waals surface area (Å²) in [7, 11) is 0. The number of carbonyl (C=O) groups is 1. The smallest absolute Gasteiger partial charge is 0.257 e. The molecule has 1 aliphatic rings. The van der Waals surface area contributed by atoms with Gasteiger partial charge in [0.2, 0.25) is 0 Å². The number of ether oxygens (including phenoxy) is 1. The maximum Gasteiger partial charge on any atom is 0.257 e. The van der Waals surface area contributed by atoms with Crippen molar-refractivity contribution in [2.24, 2.45) is 0 Å². The fraction of sp³-hybridized carbons (Fsp3) is 0.190. The summed E-state index contributed by atoms with van der Waals surface area (Å²) >= 11 is 1.55. The molecule has 0 N–H and O–H groups in total. The number of benzene rings is 2. The molecule has 1 amide bonds. The summed E-state index contributed by atoms with van der Waals surface area (Å²) in [5.74, 6) is -0.770. The SMILES string of the molecule is O=C(c1ccc(-c2cccs2)cc1F)N1CCO[C@H](c2ccccc2)C1. The van der Waals surface area contributed by atoms with Gasteiger partial charge in [0, 0.05) is 11.4 Å². The maximum atomic E-state index is 14.6. The van der Waals surface area contributed by atoms with Crippen molar-refractivity contribution in [1.82, 2.24) is 4.90 Å². The predicted molar refractivity (Wildman–Crippen MR) is 101 cm³/mol. The van der Waals surface area contributed by atoms with E-state index in [0.29, 0.717) is 19.7 Å². The molecule has 0 unspecified atom stereocenters. The summed E-state index contributed by atoms with van der Waals surface area (Å²) in [4.78, 5) is 15.5. The van der Waals surface area contributed by atoms with E-state index in [1.54, 1.807) is 28.4 Å². The molecule has 0 bridgehead atoms. The van der Waals surface area contributed by atoms with Crippen molar-refractivity contribution in [1.29, 1.82) is 0 Å². The third kappa shape index (κ3) is 3.41. The average molecular weight is 367 g/mol. The number of nitrogens with zero attached hydrogens (tertiary/aromatic N) is 1. The van der Waals surface area contributed by atoms with Crippen LogP contribution in [0.25, 0.3) is 10.4 Å². The molecule has 3 nitrogen and oxygen atoms in total. The minimum absolute atomic E-state index is 0.110. The predicted octanol–water partition coefficient (Wildman–Crippen LogP) is 4.77. The molecule has 2 heterocycles. The van der Waals surface area contributed by atoms with Crippen molar-refractivity contribution in [3.63, 3.8) is 0 Å².